The lowest BCUT2D eigenvalue weighted by atomic mass is 10.0. The van der Waals surface area contributed by atoms with Crippen molar-refractivity contribution in [1.29, 1.82) is 0 Å². The van der Waals surface area contributed by atoms with E-state index >= 15 is 0 Å². The number of nitrogen functional groups attached to an aromatic ring is 1. The zero-order valence-corrected chi connectivity index (χ0v) is 26.9. The summed E-state index contributed by atoms with van der Waals surface area (Å²) in [5, 5.41) is 17.6. The van der Waals surface area contributed by atoms with E-state index in [-0.39, 0.29) is 49.1 Å². The van der Waals surface area contributed by atoms with Gasteiger partial charge < -0.3 is 35.7 Å². The molecular formula is C33H43N5O7S. The Morgan fingerprint density at radius 1 is 1.09 bits per heavy atom. The largest absolute Gasteiger partial charge is 0.443 e. The number of carbonyl (C=O) groups excluding carboxylic acids is 1. The molecule has 248 valence electrons. The summed E-state index contributed by atoms with van der Waals surface area (Å²) in [7, 11) is -4.08. The van der Waals surface area contributed by atoms with Gasteiger partial charge in [0.25, 0.3) is 0 Å². The molecule has 1 amide bonds. The van der Waals surface area contributed by atoms with Crippen molar-refractivity contribution in [3.8, 4) is 0 Å². The number of aliphatic hydroxyl groups is 1. The summed E-state index contributed by atoms with van der Waals surface area (Å²) in [6.07, 6.45) is 1.54. The standard InChI is InChI=1S/C33H43N5O7S/c1-22(2)19-38(46(41,42)25-8-9-27(34)28(17-25)36-18-24-10-13-35-14-11-24)20-30(39)29(16-23-6-4-3-5-7-23)37-33(40)45-31-21-44-32-26(31)12-15-43-32/h3-11,13-14,17,22,26,29-32,36,39H,12,15-16,18-21,34H2,1-2H3,(H,37,40)/t26-,29-,30+,31-,32+/m0/s1. The lowest BCUT2D eigenvalue weighted by Crippen LogP contribution is -2.51. The van der Waals surface area contributed by atoms with Crippen LogP contribution < -0.4 is 16.4 Å². The zero-order valence-electron chi connectivity index (χ0n) is 26.1. The number of nitrogens with one attached hydrogen (secondary N) is 2. The third kappa shape index (κ3) is 8.53. The van der Waals surface area contributed by atoms with Gasteiger partial charge in [0, 0.05) is 32.0 Å². The van der Waals surface area contributed by atoms with Crippen LogP contribution in [-0.2, 0) is 37.2 Å². The molecule has 5 N–H and O–H groups in total. The van der Waals surface area contributed by atoms with Gasteiger partial charge in [-0.05, 0) is 60.2 Å². The summed E-state index contributed by atoms with van der Waals surface area (Å²) in [6, 6.07) is 16.8. The van der Waals surface area contributed by atoms with Crippen LogP contribution in [0.25, 0.3) is 0 Å². The number of nitrogens with two attached hydrogens (primary N) is 1. The van der Waals surface area contributed by atoms with Gasteiger partial charge in [0.2, 0.25) is 10.0 Å². The number of pyridine rings is 1. The van der Waals surface area contributed by atoms with Gasteiger partial charge in [0.1, 0.15) is 6.10 Å². The van der Waals surface area contributed by atoms with E-state index in [2.05, 4.69) is 15.6 Å². The molecule has 5 rings (SSSR count). The molecule has 0 unspecified atom stereocenters. The van der Waals surface area contributed by atoms with Crippen molar-refractivity contribution in [2.75, 3.05) is 37.4 Å². The average molecular weight is 654 g/mol. The number of nitrogens with zero attached hydrogens (tertiary/aromatic N) is 2. The first kappa shape index (κ1) is 33.6. The second kappa shape index (κ2) is 15.2. The molecule has 46 heavy (non-hydrogen) atoms. The highest BCUT2D eigenvalue weighted by Gasteiger charge is 2.44. The smallest absolute Gasteiger partial charge is 0.407 e. The molecule has 0 aliphatic carbocycles. The summed E-state index contributed by atoms with van der Waals surface area (Å²) in [5.41, 5.74) is 8.88. The normalized spacial score (nSPS) is 20.8. The number of aromatic nitrogens is 1. The highest BCUT2D eigenvalue weighted by atomic mass is 32.2. The number of hydrogen-bond acceptors (Lipinski definition) is 10. The average Bonchev–Trinajstić information content (AvgIpc) is 3.66. The Balaban J connectivity index is 1.33. The van der Waals surface area contributed by atoms with E-state index in [1.54, 1.807) is 18.5 Å². The second-order valence-corrected chi connectivity index (χ2v) is 14.1. The third-order valence-electron chi connectivity index (χ3n) is 8.16. The van der Waals surface area contributed by atoms with Gasteiger partial charge >= 0.3 is 6.09 Å². The maximum atomic E-state index is 14.1. The van der Waals surface area contributed by atoms with Gasteiger partial charge in [0.05, 0.1) is 47.5 Å². The number of sulfonamides is 1. The lowest BCUT2D eigenvalue weighted by Gasteiger charge is -2.31. The Morgan fingerprint density at radius 3 is 2.59 bits per heavy atom. The van der Waals surface area contributed by atoms with Gasteiger partial charge in [-0.2, -0.15) is 4.31 Å². The molecule has 0 spiro atoms. The summed E-state index contributed by atoms with van der Waals surface area (Å²) in [6.45, 7) is 4.90. The van der Waals surface area contributed by atoms with E-state index in [1.165, 1.54) is 16.4 Å². The highest BCUT2D eigenvalue weighted by molar-refractivity contribution is 7.89. The van der Waals surface area contributed by atoms with Gasteiger partial charge in [-0.15, -0.1) is 0 Å². The van der Waals surface area contributed by atoms with Crippen LogP contribution in [0.2, 0.25) is 0 Å². The fraction of sp³-hybridized carbons (Fsp3) is 0.455. The number of fused-ring (bicyclic) bond motifs is 1. The van der Waals surface area contributed by atoms with Crippen LogP contribution in [0.5, 0.6) is 0 Å². The van der Waals surface area contributed by atoms with E-state index in [0.717, 1.165) is 17.5 Å². The van der Waals surface area contributed by atoms with E-state index in [4.69, 9.17) is 19.9 Å². The lowest BCUT2D eigenvalue weighted by molar-refractivity contribution is -0.0907. The first-order valence-corrected chi connectivity index (χ1v) is 17.0. The Morgan fingerprint density at radius 2 is 1.85 bits per heavy atom. The molecule has 0 bridgehead atoms. The Kier molecular flexibility index (Phi) is 11.1. The summed E-state index contributed by atoms with van der Waals surface area (Å²) < 4.78 is 46.3. The molecule has 2 aliphatic rings. The molecule has 5 atom stereocenters. The van der Waals surface area contributed by atoms with Crippen molar-refractivity contribution in [2.45, 2.75) is 62.7 Å². The van der Waals surface area contributed by atoms with Crippen LogP contribution >= 0.6 is 0 Å². The quantitative estimate of drug-likeness (QED) is 0.190. The van der Waals surface area contributed by atoms with Crippen molar-refractivity contribution in [3.63, 3.8) is 0 Å². The predicted molar refractivity (Wildman–Crippen MR) is 173 cm³/mol. The van der Waals surface area contributed by atoms with Crippen LogP contribution in [0, 0.1) is 11.8 Å². The molecule has 3 heterocycles. The van der Waals surface area contributed by atoms with Crippen LogP contribution in [0.3, 0.4) is 0 Å². The van der Waals surface area contributed by atoms with Crippen molar-refractivity contribution in [3.05, 3.63) is 84.2 Å². The van der Waals surface area contributed by atoms with E-state index in [9.17, 15) is 18.3 Å². The minimum Gasteiger partial charge on any atom is -0.443 e. The number of amides is 1. The minimum atomic E-state index is -4.08. The fourth-order valence-electron chi connectivity index (χ4n) is 5.73. The molecule has 1 aromatic heterocycles. The highest BCUT2D eigenvalue weighted by Crippen LogP contribution is 2.33. The molecule has 0 saturated carbocycles. The fourth-order valence-corrected chi connectivity index (χ4v) is 7.38. The van der Waals surface area contributed by atoms with Crippen molar-refractivity contribution < 1.29 is 32.5 Å². The van der Waals surface area contributed by atoms with Crippen molar-refractivity contribution in [2.24, 2.45) is 11.8 Å². The number of rotatable bonds is 14. The van der Waals surface area contributed by atoms with E-state index < -0.39 is 34.4 Å². The Labute approximate surface area is 270 Å². The number of alkyl carbamates (subject to hydrolysis) is 1. The van der Waals surface area contributed by atoms with Crippen LogP contribution in [0.4, 0.5) is 16.2 Å². The minimum absolute atomic E-state index is 0.0355. The molecule has 2 aromatic carbocycles. The summed E-state index contributed by atoms with van der Waals surface area (Å²) in [4.78, 5) is 17.2. The first-order valence-electron chi connectivity index (χ1n) is 15.5. The van der Waals surface area contributed by atoms with Gasteiger partial charge in [-0.25, -0.2) is 13.2 Å². The van der Waals surface area contributed by atoms with Crippen molar-refractivity contribution in [1.82, 2.24) is 14.6 Å². The molecule has 3 aromatic rings. The second-order valence-electron chi connectivity index (χ2n) is 12.2. The summed E-state index contributed by atoms with van der Waals surface area (Å²) >= 11 is 0. The number of carbonyl (C=O) groups is 1. The van der Waals surface area contributed by atoms with E-state index in [0.29, 0.717) is 24.5 Å². The Hall–Kier alpha value is -3.75. The molecule has 2 fully saturated rings. The molecule has 12 nitrogen and oxygen atoms in total. The molecule has 13 heteroatoms. The maximum Gasteiger partial charge on any atom is 0.407 e. The molecular weight excluding hydrogens is 610 g/mol. The monoisotopic (exact) mass is 653 g/mol. The summed E-state index contributed by atoms with van der Waals surface area (Å²) in [5.74, 6) is -0.0894. The van der Waals surface area contributed by atoms with Crippen LogP contribution in [0.1, 0.15) is 31.4 Å². The SMILES string of the molecule is CC(C)CN(C[C@@H](O)[C@H](Cc1ccccc1)NC(=O)O[C@H]1CO[C@H]2OCC[C@H]21)S(=O)(=O)c1ccc(N)c(NCc2ccncc2)c1. The zero-order chi connectivity index (χ0) is 32.7. The van der Waals surface area contributed by atoms with Crippen LogP contribution in [0.15, 0.2) is 78.0 Å². The molecule has 0 radical (unpaired) electrons. The first-order chi connectivity index (χ1) is 22.1. The Bertz CT molecular complexity index is 1540. The van der Waals surface area contributed by atoms with Gasteiger partial charge in [-0.1, -0.05) is 44.2 Å². The number of ether oxygens (including phenoxy) is 3. The topological polar surface area (TPSA) is 165 Å². The van der Waals surface area contributed by atoms with Crippen LogP contribution in [-0.4, -0.2) is 79.7 Å². The number of benzene rings is 2. The third-order valence-corrected chi connectivity index (χ3v) is 9.99. The molecule has 2 saturated heterocycles. The van der Waals surface area contributed by atoms with Gasteiger partial charge in [-0.3, -0.25) is 4.98 Å². The van der Waals surface area contributed by atoms with E-state index in [1.807, 2.05) is 56.3 Å². The molecule has 2 aliphatic heterocycles. The number of anilines is 2. The van der Waals surface area contributed by atoms with Crippen molar-refractivity contribution >= 4 is 27.5 Å². The maximum absolute atomic E-state index is 14.1. The number of hydrogen-bond donors (Lipinski definition) is 4. The predicted octanol–water partition coefficient (Wildman–Crippen LogP) is 3.38. The number of aliphatic hydroxyl groups excluding tert-OH is 1. The van der Waals surface area contributed by atoms with Gasteiger partial charge in [0.15, 0.2) is 6.29 Å².